The van der Waals surface area contributed by atoms with E-state index >= 15 is 0 Å². The zero-order valence-electron chi connectivity index (χ0n) is 21.8. The highest BCUT2D eigenvalue weighted by molar-refractivity contribution is 6.11. The number of aromatic nitrogens is 2. The summed E-state index contributed by atoms with van der Waals surface area (Å²) in [6, 6.07) is 5.55. The maximum absolute atomic E-state index is 13.1. The van der Waals surface area contributed by atoms with E-state index in [1.54, 1.807) is 32.0 Å². The summed E-state index contributed by atoms with van der Waals surface area (Å²) in [6.45, 7) is 5.71. The van der Waals surface area contributed by atoms with E-state index in [1.807, 2.05) is 6.92 Å². The molecule has 6 N–H and O–H groups in total. The van der Waals surface area contributed by atoms with Crippen LogP contribution in [0.4, 0.5) is 16.3 Å². The van der Waals surface area contributed by atoms with Crippen molar-refractivity contribution < 1.29 is 33.2 Å². The van der Waals surface area contributed by atoms with Crippen LogP contribution in [0.25, 0.3) is 0 Å². The molecular weight excluding hydrogens is 510 g/mol. The average molecular weight is 540 g/mol. The van der Waals surface area contributed by atoms with Crippen molar-refractivity contribution in [3.05, 3.63) is 64.7 Å². The highest BCUT2D eigenvalue weighted by Gasteiger charge is 2.27. The molecular formula is C25H29N7O7. The predicted octanol–water partition coefficient (Wildman–Crippen LogP) is 2.76. The van der Waals surface area contributed by atoms with Gasteiger partial charge in [0.2, 0.25) is 6.79 Å². The molecule has 0 saturated heterocycles. The fourth-order valence-corrected chi connectivity index (χ4v) is 3.39. The summed E-state index contributed by atoms with van der Waals surface area (Å²) in [7, 11) is 0. The summed E-state index contributed by atoms with van der Waals surface area (Å²) in [5.74, 6) is -1.65. The van der Waals surface area contributed by atoms with E-state index in [1.165, 1.54) is 25.5 Å². The lowest BCUT2D eigenvalue weighted by Gasteiger charge is -2.18. The van der Waals surface area contributed by atoms with Gasteiger partial charge in [0.15, 0.2) is 5.82 Å². The van der Waals surface area contributed by atoms with Gasteiger partial charge in [-0.05, 0) is 51.0 Å². The van der Waals surface area contributed by atoms with Crippen molar-refractivity contribution in [1.82, 2.24) is 15.0 Å². The fourth-order valence-electron chi connectivity index (χ4n) is 3.39. The normalized spacial score (nSPS) is 11.3. The lowest BCUT2D eigenvalue weighted by Crippen LogP contribution is -2.38. The number of imide groups is 1. The highest BCUT2D eigenvalue weighted by Crippen LogP contribution is 2.21. The maximum Gasteiger partial charge on any atom is 0.419 e. The minimum absolute atomic E-state index is 0.0169. The zero-order valence-corrected chi connectivity index (χ0v) is 21.8. The van der Waals surface area contributed by atoms with Gasteiger partial charge >= 0.3 is 12.1 Å². The van der Waals surface area contributed by atoms with Crippen LogP contribution >= 0.6 is 0 Å². The number of carbonyl (C=O) groups excluding carboxylic acids is 4. The molecule has 206 valence electrons. The van der Waals surface area contributed by atoms with E-state index in [9.17, 15) is 19.2 Å². The Hall–Kier alpha value is -4.98. The second-order valence-electron chi connectivity index (χ2n) is 8.40. The molecule has 39 heavy (non-hydrogen) atoms. The summed E-state index contributed by atoms with van der Waals surface area (Å²) >= 11 is 0. The number of nitrogens with two attached hydrogens (primary N) is 1. The molecule has 0 spiro atoms. The third kappa shape index (κ3) is 6.87. The van der Waals surface area contributed by atoms with Crippen LogP contribution in [0.5, 0.6) is 0 Å². The van der Waals surface area contributed by atoms with Crippen molar-refractivity contribution in [2.45, 2.75) is 33.7 Å². The minimum atomic E-state index is -1.01. The van der Waals surface area contributed by atoms with Gasteiger partial charge in [-0.3, -0.25) is 19.8 Å². The van der Waals surface area contributed by atoms with Crippen molar-refractivity contribution in [2.75, 3.05) is 24.0 Å². The molecule has 0 aliphatic carbocycles. The van der Waals surface area contributed by atoms with Crippen LogP contribution in [0.3, 0.4) is 0 Å². The van der Waals surface area contributed by atoms with Crippen molar-refractivity contribution in [2.24, 2.45) is 5.73 Å². The summed E-state index contributed by atoms with van der Waals surface area (Å²) in [5, 5.41) is 17.8. The molecule has 2 heterocycles. The summed E-state index contributed by atoms with van der Waals surface area (Å²) in [4.78, 5) is 53.2. The number of carbonyl (C=O) groups is 4. The minimum Gasteiger partial charge on any atom is -0.427 e. The smallest absolute Gasteiger partial charge is 0.419 e. The molecule has 2 aromatic heterocycles. The maximum atomic E-state index is 13.1. The van der Waals surface area contributed by atoms with Gasteiger partial charge in [0.1, 0.15) is 18.1 Å². The topological polar surface area (TPSA) is 206 Å². The Bertz CT molecular complexity index is 1380. The van der Waals surface area contributed by atoms with E-state index < -0.39 is 36.7 Å². The van der Waals surface area contributed by atoms with Crippen LogP contribution in [-0.2, 0) is 14.3 Å². The Labute approximate surface area is 223 Å². The molecule has 14 nitrogen and oxygen atoms in total. The van der Waals surface area contributed by atoms with E-state index in [0.717, 1.165) is 10.5 Å². The molecule has 0 bridgehead atoms. The van der Waals surface area contributed by atoms with Crippen LogP contribution < -0.4 is 16.4 Å². The number of anilines is 2. The third-order valence-electron chi connectivity index (χ3n) is 5.60. The van der Waals surface area contributed by atoms with Gasteiger partial charge in [0.25, 0.3) is 11.8 Å². The first kappa shape index (κ1) is 28.6. The van der Waals surface area contributed by atoms with Crippen molar-refractivity contribution in [3.8, 4) is 0 Å². The molecule has 0 fully saturated rings. The lowest BCUT2D eigenvalue weighted by molar-refractivity contribution is -0.153. The van der Waals surface area contributed by atoms with Gasteiger partial charge < -0.3 is 35.3 Å². The molecule has 0 radical (unpaired) electrons. The Balaban J connectivity index is 1.70. The number of hydrogen-bond acceptors (Lipinski definition) is 10. The number of amidine groups is 1. The number of benzene rings is 1. The first-order chi connectivity index (χ1) is 18.5. The van der Waals surface area contributed by atoms with Gasteiger partial charge in [-0.25, -0.2) is 9.69 Å². The number of ether oxygens (including phenoxy) is 2. The quantitative estimate of drug-likeness (QED) is 0.116. The SMILES string of the molecule is CCN(C(=O)OCOC(=O)C(C)N)C(=O)c1c[nH]c(C(=N)Nc2cc(C(=O)Nc3ccon3)ccc2C)c1C. The van der Waals surface area contributed by atoms with Gasteiger partial charge in [-0.2, -0.15) is 0 Å². The molecule has 14 heteroatoms. The van der Waals surface area contributed by atoms with E-state index in [2.05, 4.69) is 20.8 Å². The summed E-state index contributed by atoms with van der Waals surface area (Å²) in [6.07, 6.45) is 1.70. The molecule has 1 unspecified atom stereocenters. The van der Waals surface area contributed by atoms with Crippen molar-refractivity contribution >= 4 is 41.2 Å². The number of aromatic amines is 1. The third-order valence-corrected chi connectivity index (χ3v) is 5.60. The zero-order chi connectivity index (χ0) is 28.7. The first-order valence-corrected chi connectivity index (χ1v) is 11.8. The molecule has 0 aliphatic heterocycles. The van der Waals surface area contributed by atoms with Crippen LogP contribution in [-0.4, -0.2) is 64.1 Å². The number of hydrogen-bond donors (Lipinski definition) is 5. The van der Waals surface area contributed by atoms with Crippen LogP contribution in [0.1, 0.15) is 51.4 Å². The molecule has 3 aromatic rings. The highest BCUT2D eigenvalue weighted by atomic mass is 16.7. The van der Waals surface area contributed by atoms with Crippen molar-refractivity contribution in [3.63, 3.8) is 0 Å². The fraction of sp³-hybridized carbons (Fsp3) is 0.280. The van der Waals surface area contributed by atoms with Gasteiger partial charge in [-0.1, -0.05) is 11.2 Å². The standard InChI is InChI=1S/C25H29N7O7/c1-5-32(25(36)38-12-37-24(35)15(4)26)23(34)17-11-28-20(14(17)3)21(27)29-18-10-16(7-6-13(18)2)22(33)30-19-8-9-39-31-19/h6-11,15,28H,5,12,26H2,1-4H3,(H2,27,29)(H,30,31,33). The number of aryl methyl sites for hydroxylation is 1. The first-order valence-electron chi connectivity index (χ1n) is 11.8. The van der Waals surface area contributed by atoms with Gasteiger partial charge in [0.05, 0.1) is 11.3 Å². The average Bonchev–Trinajstić information content (AvgIpc) is 3.54. The summed E-state index contributed by atoms with van der Waals surface area (Å²) in [5.41, 5.74) is 7.81. The predicted molar refractivity (Wildman–Crippen MR) is 139 cm³/mol. The van der Waals surface area contributed by atoms with E-state index in [-0.39, 0.29) is 23.8 Å². The van der Waals surface area contributed by atoms with E-state index in [0.29, 0.717) is 22.5 Å². The number of rotatable bonds is 9. The number of nitrogens with one attached hydrogen (secondary N) is 4. The number of nitrogens with zero attached hydrogens (tertiary/aromatic N) is 2. The second kappa shape index (κ2) is 12.5. The van der Waals surface area contributed by atoms with Gasteiger partial charge in [-0.15, -0.1) is 0 Å². The molecule has 1 aromatic carbocycles. The van der Waals surface area contributed by atoms with E-state index in [4.69, 9.17) is 25.1 Å². The Morgan fingerprint density at radius 1 is 1.18 bits per heavy atom. The molecule has 3 rings (SSSR count). The van der Waals surface area contributed by atoms with Crippen LogP contribution in [0.15, 0.2) is 41.2 Å². The Kier molecular flexibility index (Phi) is 9.17. The van der Waals surface area contributed by atoms with Crippen LogP contribution in [0, 0.1) is 19.3 Å². The number of esters is 1. The lowest BCUT2D eigenvalue weighted by atomic mass is 10.1. The Morgan fingerprint density at radius 3 is 2.56 bits per heavy atom. The van der Waals surface area contributed by atoms with Crippen molar-refractivity contribution in [1.29, 1.82) is 5.41 Å². The monoisotopic (exact) mass is 539 g/mol. The summed E-state index contributed by atoms with van der Waals surface area (Å²) < 4.78 is 14.3. The van der Waals surface area contributed by atoms with Gasteiger partial charge in [0, 0.05) is 30.1 Å². The molecule has 3 amide bonds. The second-order valence-corrected chi connectivity index (χ2v) is 8.40. The van der Waals surface area contributed by atoms with Crippen LogP contribution in [0.2, 0.25) is 0 Å². The number of amides is 3. The number of H-pyrrole nitrogens is 1. The molecule has 0 saturated carbocycles. The Morgan fingerprint density at radius 2 is 1.92 bits per heavy atom. The molecule has 1 atom stereocenters. The molecule has 0 aliphatic rings. The largest absolute Gasteiger partial charge is 0.427 e.